The van der Waals surface area contributed by atoms with E-state index in [1.165, 1.54) is 6.42 Å². The molecule has 1 N–H and O–H groups in total. The number of carbonyl (C=O) groups is 1. The lowest BCUT2D eigenvalue weighted by Crippen LogP contribution is -2.42. The summed E-state index contributed by atoms with van der Waals surface area (Å²) < 4.78 is 1.12. The van der Waals surface area contributed by atoms with Crippen molar-refractivity contribution in [3.8, 4) is 0 Å². The van der Waals surface area contributed by atoms with Crippen LogP contribution in [0.4, 0.5) is 0 Å². The third-order valence-corrected chi connectivity index (χ3v) is 4.69. The highest BCUT2D eigenvalue weighted by atomic mass is 16.2. The molecular formula is C17H21N3O3. The third kappa shape index (κ3) is 3.06. The Bertz CT molecular complexity index is 831. The van der Waals surface area contributed by atoms with Crippen molar-refractivity contribution in [3.63, 3.8) is 0 Å². The van der Waals surface area contributed by atoms with Crippen molar-refractivity contribution in [1.82, 2.24) is 14.7 Å². The Balaban J connectivity index is 1.86. The van der Waals surface area contributed by atoms with Crippen LogP contribution in [0.3, 0.4) is 0 Å². The zero-order valence-electron chi connectivity index (χ0n) is 13.2. The number of H-pyrrole nitrogens is 1. The summed E-state index contributed by atoms with van der Waals surface area (Å²) in [5.41, 5.74) is -0.695. The van der Waals surface area contributed by atoms with Crippen molar-refractivity contribution in [3.05, 3.63) is 45.0 Å². The number of nitrogens with one attached hydrogen (secondary N) is 1. The maximum Gasteiger partial charge on any atom is 0.273 e. The van der Waals surface area contributed by atoms with Gasteiger partial charge in [-0.2, -0.15) is 0 Å². The van der Waals surface area contributed by atoms with Crippen LogP contribution in [-0.4, -0.2) is 33.7 Å². The quantitative estimate of drug-likeness (QED) is 0.932. The molecule has 1 aromatic carbocycles. The van der Waals surface area contributed by atoms with E-state index in [1.54, 1.807) is 36.2 Å². The molecule has 1 heterocycles. The van der Waals surface area contributed by atoms with Crippen LogP contribution in [0.2, 0.25) is 0 Å². The van der Waals surface area contributed by atoms with Crippen LogP contribution in [0.1, 0.15) is 32.1 Å². The number of carbonyl (C=O) groups excluding carboxylic acids is 1. The Morgan fingerprint density at radius 2 is 1.83 bits per heavy atom. The number of amides is 1. The molecule has 0 unspecified atom stereocenters. The Morgan fingerprint density at radius 1 is 1.17 bits per heavy atom. The minimum atomic E-state index is -0.353. The van der Waals surface area contributed by atoms with E-state index in [-0.39, 0.29) is 29.6 Å². The summed E-state index contributed by atoms with van der Waals surface area (Å²) in [6.45, 7) is -0.133. The van der Waals surface area contributed by atoms with E-state index in [4.69, 9.17) is 0 Å². The molecule has 1 aliphatic carbocycles. The topological polar surface area (TPSA) is 75.2 Å². The van der Waals surface area contributed by atoms with Crippen molar-refractivity contribution in [2.75, 3.05) is 7.05 Å². The number of nitrogens with zero attached hydrogens (tertiary/aromatic N) is 2. The van der Waals surface area contributed by atoms with Crippen LogP contribution in [0.5, 0.6) is 0 Å². The number of aromatic amines is 1. The molecule has 1 aliphatic rings. The second kappa shape index (κ2) is 6.40. The molecule has 1 fully saturated rings. The van der Waals surface area contributed by atoms with Crippen LogP contribution in [0.25, 0.3) is 10.8 Å². The lowest BCUT2D eigenvalue weighted by atomic mass is 9.94. The van der Waals surface area contributed by atoms with Gasteiger partial charge in [-0.3, -0.25) is 19.5 Å². The van der Waals surface area contributed by atoms with Crippen molar-refractivity contribution < 1.29 is 4.79 Å². The highest BCUT2D eigenvalue weighted by Crippen LogP contribution is 2.21. The normalized spacial score (nSPS) is 15.7. The first-order valence-corrected chi connectivity index (χ1v) is 8.05. The fraction of sp³-hybridized carbons (Fsp3) is 0.471. The van der Waals surface area contributed by atoms with Gasteiger partial charge in [-0.25, -0.2) is 4.68 Å². The van der Waals surface area contributed by atoms with Gasteiger partial charge in [-0.1, -0.05) is 31.4 Å². The van der Waals surface area contributed by atoms with Gasteiger partial charge >= 0.3 is 0 Å². The van der Waals surface area contributed by atoms with Crippen LogP contribution in [0.15, 0.2) is 33.9 Å². The second-order valence-corrected chi connectivity index (χ2v) is 6.17. The number of aromatic nitrogens is 2. The number of hydrogen-bond acceptors (Lipinski definition) is 3. The van der Waals surface area contributed by atoms with Gasteiger partial charge in [0.1, 0.15) is 6.54 Å². The highest BCUT2D eigenvalue weighted by molar-refractivity contribution is 5.81. The molecule has 6 heteroatoms. The van der Waals surface area contributed by atoms with Gasteiger partial charge in [-0.05, 0) is 25.0 Å². The fourth-order valence-corrected chi connectivity index (χ4v) is 3.28. The lowest BCUT2D eigenvalue weighted by Gasteiger charge is -2.31. The minimum Gasteiger partial charge on any atom is -0.341 e. The summed E-state index contributed by atoms with van der Waals surface area (Å²) in [4.78, 5) is 38.7. The van der Waals surface area contributed by atoms with E-state index in [0.29, 0.717) is 10.8 Å². The molecule has 1 amide bonds. The van der Waals surface area contributed by atoms with Crippen LogP contribution in [0, 0.1) is 0 Å². The maximum absolute atomic E-state index is 12.5. The predicted octanol–water partition coefficient (Wildman–Crippen LogP) is 1.48. The molecule has 0 spiro atoms. The predicted molar refractivity (Wildman–Crippen MR) is 88.5 cm³/mol. The Kier molecular flexibility index (Phi) is 4.32. The van der Waals surface area contributed by atoms with Crippen molar-refractivity contribution in [2.24, 2.45) is 0 Å². The van der Waals surface area contributed by atoms with E-state index >= 15 is 0 Å². The summed E-state index contributed by atoms with van der Waals surface area (Å²) in [6, 6.07) is 6.88. The Labute approximate surface area is 133 Å². The molecule has 23 heavy (non-hydrogen) atoms. The van der Waals surface area contributed by atoms with Crippen molar-refractivity contribution in [1.29, 1.82) is 0 Å². The molecule has 0 atom stereocenters. The summed E-state index contributed by atoms with van der Waals surface area (Å²) in [5, 5.41) is 3.19. The van der Waals surface area contributed by atoms with Gasteiger partial charge in [0.25, 0.3) is 11.1 Å². The van der Waals surface area contributed by atoms with E-state index < -0.39 is 0 Å². The molecule has 3 rings (SSSR count). The molecule has 2 aromatic rings. The van der Waals surface area contributed by atoms with Gasteiger partial charge in [0.15, 0.2) is 0 Å². The van der Waals surface area contributed by atoms with Gasteiger partial charge in [0.2, 0.25) is 5.91 Å². The van der Waals surface area contributed by atoms with E-state index in [0.717, 1.165) is 30.4 Å². The van der Waals surface area contributed by atoms with Gasteiger partial charge < -0.3 is 4.90 Å². The zero-order valence-corrected chi connectivity index (χ0v) is 13.2. The minimum absolute atomic E-state index is 0.133. The smallest absolute Gasteiger partial charge is 0.273 e. The summed E-state index contributed by atoms with van der Waals surface area (Å²) in [7, 11) is 1.78. The molecule has 0 saturated heterocycles. The average molecular weight is 315 g/mol. The molecule has 0 radical (unpaired) electrons. The SMILES string of the molecule is CN(C(=O)Cn1[nH]c(=O)c2ccccc2c1=O)C1CCCCC1. The van der Waals surface area contributed by atoms with E-state index in [2.05, 4.69) is 5.10 Å². The standard InChI is InChI=1S/C17H21N3O3/c1-19(12-7-3-2-4-8-12)15(21)11-20-17(23)14-10-6-5-9-13(14)16(22)18-20/h5-6,9-10,12H,2-4,7-8,11H2,1H3,(H,18,22). The van der Waals surface area contributed by atoms with Crippen molar-refractivity contribution in [2.45, 2.75) is 44.7 Å². The Hall–Kier alpha value is -2.37. The number of likely N-dealkylation sites (N-methyl/N-ethyl adjacent to an activating group) is 1. The van der Waals surface area contributed by atoms with Crippen molar-refractivity contribution >= 4 is 16.7 Å². The van der Waals surface area contributed by atoms with E-state index in [9.17, 15) is 14.4 Å². The zero-order chi connectivity index (χ0) is 16.4. The van der Waals surface area contributed by atoms with Gasteiger partial charge in [-0.15, -0.1) is 0 Å². The molecule has 1 saturated carbocycles. The average Bonchev–Trinajstić information content (AvgIpc) is 2.59. The number of hydrogen-bond donors (Lipinski definition) is 1. The Morgan fingerprint density at radius 3 is 2.52 bits per heavy atom. The van der Waals surface area contributed by atoms with E-state index in [1.807, 2.05) is 0 Å². The molecule has 1 aromatic heterocycles. The summed E-state index contributed by atoms with van der Waals surface area (Å²) >= 11 is 0. The first-order valence-electron chi connectivity index (χ1n) is 8.05. The third-order valence-electron chi connectivity index (χ3n) is 4.69. The second-order valence-electron chi connectivity index (χ2n) is 6.17. The van der Waals surface area contributed by atoms with Gasteiger partial charge in [0.05, 0.1) is 10.8 Å². The van der Waals surface area contributed by atoms with Crippen LogP contribution in [-0.2, 0) is 11.3 Å². The van der Waals surface area contributed by atoms with Crippen LogP contribution < -0.4 is 11.1 Å². The largest absolute Gasteiger partial charge is 0.341 e. The maximum atomic E-state index is 12.5. The number of rotatable bonds is 3. The fourth-order valence-electron chi connectivity index (χ4n) is 3.28. The summed E-state index contributed by atoms with van der Waals surface area (Å²) in [6.07, 6.45) is 5.50. The number of fused-ring (bicyclic) bond motifs is 1. The number of benzene rings is 1. The molecule has 0 aliphatic heterocycles. The molecule has 6 nitrogen and oxygen atoms in total. The highest BCUT2D eigenvalue weighted by Gasteiger charge is 2.22. The first-order chi connectivity index (χ1) is 11.1. The summed E-state index contributed by atoms with van der Waals surface area (Å²) in [5.74, 6) is -0.148. The molecule has 122 valence electrons. The van der Waals surface area contributed by atoms with Gasteiger partial charge in [0, 0.05) is 13.1 Å². The molecule has 0 bridgehead atoms. The van der Waals surface area contributed by atoms with Crippen LogP contribution >= 0.6 is 0 Å². The lowest BCUT2D eigenvalue weighted by molar-refractivity contribution is -0.133. The first kappa shape index (κ1) is 15.5. The molecular weight excluding hydrogens is 294 g/mol. The monoisotopic (exact) mass is 315 g/mol.